The van der Waals surface area contributed by atoms with Crippen LogP contribution in [0.3, 0.4) is 0 Å². The fraction of sp³-hybridized carbons (Fsp3) is 0.641. The first-order valence-corrected chi connectivity index (χ1v) is 17.9. The molecule has 0 unspecified atom stereocenters. The van der Waals surface area contributed by atoms with E-state index >= 15 is 0 Å². The molecule has 1 aliphatic carbocycles. The summed E-state index contributed by atoms with van der Waals surface area (Å²) in [5.74, 6) is -1.12. The van der Waals surface area contributed by atoms with Gasteiger partial charge in [0.25, 0.3) is 0 Å². The maximum absolute atomic E-state index is 13.2. The number of fused-ring (bicyclic) bond motifs is 2. The molecular weight excluding hydrogens is 562 g/mol. The minimum atomic E-state index is -0.550. The highest BCUT2D eigenvalue weighted by Gasteiger charge is 2.35. The van der Waals surface area contributed by atoms with E-state index in [1.165, 1.54) is 127 Å². The predicted octanol–water partition coefficient (Wildman–Crippen LogP) is 9.68. The third-order valence-electron chi connectivity index (χ3n) is 9.34. The number of benzene rings is 2. The van der Waals surface area contributed by atoms with Crippen LogP contribution in [0.5, 0.6) is 17.2 Å². The lowest BCUT2D eigenvalue weighted by molar-refractivity contribution is -0.890. The van der Waals surface area contributed by atoms with E-state index in [1.54, 1.807) is 13.0 Å². The molecule has 0 fully saturated rings. The average molecular weight is 623 g/mol. The molecule has 0 heterocycles. The summed E-state index contributed by atoms with van der Waals surface area (Å²) in [6.07, 6.45) is 24.1. The molecule has 0 atom stereocenters. The zero-order valence-corrected chi connectivity index (χ0v) is 28.7. The number of aryl methyl sites for hydroxylation is 1. The van der Waals surface area contributed by atoms with Crippen molar-refractivity contribution in [1.82, 2.24) is 0 Å². The number of unbranched alkanes of at least 4 members (excludes halogenated alkanes) is 16. The molecule has 250 valence electrons. The van der Waals surface area contributed by atoms with E-state index in [9.17, 15) is 19.8 Å². The maximum Gasteiger partial charge on any atom is 0.201 e. The van der Waals surface area contributed by atoms with E-state index in [2.05, 4.69) is 21.0 Å². The first-order valence-electron chi connectivity index (χ1n) is 17.9. The summed E-state index contributed by atoms with van der Waals surface area (Å²) < 4.78 is 6.90. The predicted molar refractivity (Wildman–Crippen MR) is 184 cm³/mol. The zero-order chi connectivity index (χ0) is 32.7. The summed E-state index contributed by atoms with van der Waals surface area (Å²) in [6, 6.07) is 5.97. The number of rotatable bonds is 23. The Morgan fingerprint density at radius 3 is 1.56 bits per heavy atom. The van der Waals surface area contributed by atoms with Crippen LogP contribution < -0.4 is 4.74 Å². The highest BCUT2D eigenvalue weighted by molar-refractivity contribution is 6.30. The number of phenols is 2. The topological polar surface area (TPSA) is 83.8 Å². The molecule has 0 bridgehead atoms. The summed E-state index contributed by atoms with van der Waals surface area (Å²) in [7, 11) is 4.60. The van der Waals surface area contributed by atoms with Crippen LogP contribution in [0.2, 0.25) is 0 Å². The Kier molecular flexibility index (Phi) is 15.4. The average Bonchev–Trinajstić information content (AvgIpc) is 2.98. The molecule has 45 heavy (non-hydrogen) atoms. The van der Waals surface area contributed by atoms with Gasteiger partial charge < -0.3 is 19.4 Å². The van der Waals surface area contributed by atoms with Crippen LogP contribution in [0, 0.1) is 6.92 Å². The summed E-state index contributed by atoms with van der Waals surface area (Å²) in [6.45, 7) is 6.76. The molecule has 6 nitrogen and oxygen atoms in total. The van der Waals surface area contributed by atoms with Gasteiger partial charge in [0.15, 0.2) is 5.78 Å². The molecule has 0 aliphatic heterocycles. The molecule has 0 saturated heterocycles. The fourth-order valence-electron chi connectivity index (χ4n) is 6.59. The van der Waals surface area contributed by atoms with Gasteiger partial charge in [0, 0.05) is 17.2 Å². The van der Waals surface area contributed by atoms with Gasteiger partial charge in [-0.3, -0.25) is 9.59 Å². The Morgan fingerprint density at radius 2 is 1.02 bits per heavy atom. The Hall–Kier alpha value is -2.86. The van der Waals surface area contributed by atoms with Gasteiger partial charge in [-0.15, -0.1) is 0 Å². The number of carbonyl (C=O) groups is 2. The van der Waals surface area contributed by atoms with Gasteiger partial charge in [0.2, 0.25) is 5.78 Å². The molecule has 0 saturated carbocycles. The fourth-order valence-corrected chi connectivity index (χ4v) is 6.59. The summed E-state index contributed by atoms with van der Waals surface area (Å²) >= 11 is 0. The van der Waals surface area contributed by atoms with E-state index < -0.39 is 11.6 Å². The van der Waals surface area contributed by atoms with Crippen molar-refractivity contribution in [2.45, 2.75) is 129 Å². The van der Waals surface area contributed by atoms with Gasteiger partial charge in [-0.2, -0.15) is 0 Å². The molecule has 0 spiro atoms. The summed E-state index contributed by atoms with van der Waals surface area (Å²) in [4.78, 5) is 26.2. The van der Waals surface area contributed by atoms with E-state index in [0.717, 1.165) is 23.9 Å². The number of hydrogen-bond acceptors (Lipinski definition) is 5. The zero-order valence-electron chi connectivity index (χ0n) is 28.7. The van der Waals surface area contributed by atoms with Gasteiger partial charge >= 0.3 is 0 Å². The summed E-state index contributed by atoms with van der Waals surface area (Å²) in [5.41, 5.74) is 0.827. The van der Waals surface area contributed by atoms with Crippen LogP contribution in [-0.4, -0.2) is 60.1 Å². The minimum Gasteiger partial charge on any atom is -0.507 e. The minimum absolute atomic E-state index is 0.0533. The van der Waals surface area contributed by atoms with E-state index in [1.807, 2.05) is 0 Å². The third kappa shape index (κ3) is 11.8. The Labute approximate surface area is 272 Å². The Bertz CT molecular complexity index is 1230. The number of nitrogens with zero attached hydrogens (tertiary/aromatic N) is 1. The molecule has 6 heteroatoms. The number of carbonyl (C=O) groups excluding carboxylic acids is 2. The number of hydrogen-bond donors (Lipinski definition) is 2. The lowest BCUT2D eigenvalue weighted by Gasteiger charge is -2.30. The van der Waals surface area contributed by atoms with Gasteiger partial charge in [0.1, 0.15) is 17.2 Å². The SMILES string of the molecule is CCCCCCCCCCCCCCCCCC[N+](C)(C)CCCCOc1cc(O)c2c(c1)C(=O)c1cc(C)cc(O)c1C2=O. The van der Waals surface area contributed by atoms with Crippen molar-refractivity contribution in [3.63, 3.8) is 0 Å². The smallest absolute Gasteiger partial charge is 0.201 e. The lowest BCUT2D eigenvalue weighted by atomic mass is 9.82. The first kappa shape index (κ1) is 36.6. The van der Waals surface area contributed by atoms with E-state index in [4.69, 9.17) is 4.74 Å². The molecule has 1 aliphatic rings. The largest absolute Gasteiger partial charge is 0.507 e. The van der Waals surface area contributed by atoms with E-state index in [0.29, 0.717) is 17.9 Å². The number of ether oxygens (including phenoxy) is 1. The summed E-state index contributed by atoms with van der Waals surface area (Å²) in [5, 5.41) is 20.9. The number of aromatic hydroxyl groups is 2. The molecule has 2 aromatic rings. The van der Waals surface area contributed by atoms with Gasteiger partial charge in [0.05, 0.1) is 44.9 Å². The van der Waals surface area contributed by atoms with Crippen molar-refractivity contribution >= 4 is 11.6 Å². The van der Waals surface area contributed by atoms with Crippen LogP contribution in [0.1, 0.15) is 160 Å². The van der Waals surface area contributed by atoms with Crippen LogP contribution in [0.15, 0.2) is 24.3 Å². The molecule has 2 N–H and O–H groups in total. The molecular formula is C39H60NO5+. The second-order valence-corrected chi connectivity index (χ2v) is 14.0. The van der Waals surface area contributed by atoms with Crippen molar-refractivity contribution in [3.8, 4) is 17.2 Å². The van der Waals surface area contributed by atoms with Crippen molar-refractivity contribution in [3.05, 3.63) is 52.1 Å². The van der Waals surface area contributed by atoms with Crippen molar-refractivity contribution in [2.75, 3.05) is 33.8 Å². The van der Waals surface area contributed by atoms with Crippen LogP contribution in [0.25, 0.3) is 0 Å². The number of quaternary nitrogens is 1. The van der Waals surface area contributed by atoms with E-state index in [-0.39, 0.29) is 33.8 Å². The van der Waals surface area contributed by atoms with Gasteiger partial charge in [-0.1, -0.05) is 96.8 Å². The van der Waals surface area contributed by atoms with Gasteiger partial charge in [-0.05, 0) is 56.4 Å². The standard InChI is InChI=1S/C39H59NO5/c1-5-6-7-8-9-10-11-12-13-14-15-16-17-18-19-20-23-40(3,4)24-21-22-25-45-31-28-33-37(35(42)29-31)39(44)36-32(38(33)43)26-30(2)27-34(36)41/h26-29H,5-25H2,1-4H3,(H-,41,42,44)/p+1. The first-order chi connectivity index (χ1) is 21.6. The quantitative estimate of drug-likeness (QED) is 0.0813. The lowest BCUT2D eigenvalue weighted by Crippen LogP contribution is -2.41. The molecule has 0 aromatic heterocycles. The highest BCUT2D eigenvalue weighted by atomic mass is 16.5. The Morgan fingerprint density at radius 1 is 0.578 bits per heavy atom. The van der Waals surface area contributed by atoms with Crippen molar-refractivity contribution < 1.29 is 29.0 Å². The van der Waals surface area contributed by atoms with Crippen LogP contribution in [0.4, 0.5) is 0 Å². The Balaban J connectivity index is 1.25. The molecule has 3 rings (SSSR count). The molecule has 0 amide bonds. The maximum atomic E-state index is 13.2. The normalized spacial score (nSPS) is 12.8. The number of phenolic OH excluding ortho intramolecular Hbond substituents is 2. The second-order valence-electron chi connectivity index (χ2n) is 14.0. The van der Waals surface area contributed by atoms with Crippen LogP contribution in [-0.2, 0) is 0 Å². The second kappa shape index (κ2) is 19.0. The number of ketones is 2. The monoisotopic (exact) mass is 622 g/mol. The van der Waals surface area contributed by atoms with Crippen molar-refractivity contribution in [2.24, 2.45) is 0 Å². The highest BCUT2D eigenvalue weighted by Crippen LogP contribution is 2.39. The van der Waals surface area contributed by atoms with Crippen molar-refractivity contribution in [1.29, 1.82) is 0 Å². The third-order valence-corrected chi connectivity index (χ3v) is 9.34. The van der Waals surface area contributed by atoms with Crippen LogP contribution >= 0.6 is 0 Å². The molecule has 2 aromatic carbocycles. The molecule has 0 radical (unpaired) electrons. The van der Waals surface area contributed by atoms with Gasteiger partial charge in [-0.25, -0.2) is 0 Å².